The summed E-state index contributed by atoms with van der Waals surface area (Å²) in [6, 6.07) is 1.89. The molecule has 1 rings (SSSR count). The minimum absolute atomic E-state index is 0.261. The van der Waals surface area contributed by atoms with Crippen molar-refractivity contribution in [3.05, 3.63) is 28.5 Å². The monoisotopic (exact) mass is 239 g/mol. The van der Waals surface area contributed by atoms with Gasteiger partial charge in [0.05, 0.1) is 0 Å². The number of likely N-dealkylation sites (N-methyl/N-ethyl adjacent to an activating group) is 1. The van der Waals surface area contributed by atoms with Crippen molar-refractivity contribution in [2.24, 2.45) is 0 Å². The van der Waals surface area contributed by atoms with Crippen LogP contribution in [0.2, 0.25) is 0 Å². The lowest BCUT2D eigenvalue weighted by Crippen LogP contribution is -2.34. The zero-order valence-corrected chi connectivity index (χ0v) is 9.74. The van der Waals surface area contributed by atoms with E-state index in [9.17, 15) is 9.59 Å². The van der Waals surface area contributed by atoms with E-state index in [1.807, 2.05) is 16.8 Å². The van der Waals surface area contributed by atoms with E-state index < -0.39 is 5.97 Å². The second-order valence-electron chi connectivity index (χ2n) is 3.14. The van der Waals surface area contributed by atoms with Crippen LogP contribution in [0.25, 0.3) is 6.08 Å². The van der Waals surface area contributed by atoms with Gasteiger partial charge < -0.3 is 10.0 Å². The second-order valence-corrected chi connectivity index (χ2v) is 3.92. The SMILES string of the molecule is CCN(CC(=O)O)C(=O)/C=C/c1ccsc1. The lowest BCUT2D eigenvalue weighted by atomic mass is 10.3. The quantitative estimate of drug-likeness (QED) is 0.795. The number of amides is 1. The number of carbonyl (C=O) groups excluding carboxylic acids is 1. The van der Waals surface area contributed by atoms with Crippen LogP contribution in [0.1, 0.15) is 12.5 Å². The maximum Gasteiger partial charge on any atom is 0.323 e. The lowest BCUT2D eigenvalue weighted by molar-refractivity contribution is -0.142. The van der Waals surface area contributed by atoms with Crippen LogP contribution in [0, 0.1) is 0 Å². The molecule has 0 bridgehead atoms. The molecule has 0 unspecified atom stereocenters. The molecule has 1 heterocycles. The fourth-order valence-electron chi connectivity index (χ4n) is 1.15. The minimum Gasteiger partial charge on any atom is -0.480 e. The van der Waals surface area contributed by atoms with Crippen molar-refractivity contribution >= 4 is 29.3 Å². The molecule has 0 radical (unpaired) electrons. The first-order valence-electron chi connectivity index (χ1n) is 4.84. The van der Waals surface area contributed by atoms with Gasteiger partial charge in [0, 0.05) is 12.6 Å². The minimum atomic E-state index is -1.00. The fourth-order valence-corrected chi connectivity index (χ4v) is 1.78. The van der Waals surface area contributed by atoms with E-state index >= 15 is 0 Å². The van der Waals surface area contributed by atoms with E-state index in [1.54, 1.807) is 24.3 Å². The number of hydrogen-bond donors (Lipinski definition) is 1. The lowest BCUT2D eigenvalue weighted by Gasteiger charge is -2.15. The fraction of sp³-hybridized carbons (Fsp3) is 0.273. The van der Waals surface area contributed by atoms with E-state index in [0.29, 0.717) is 6.54 Å². The molecule has 0 aliphatic rings. The molecule has 0 saturated carbocycles. The molecular weight excluding hydrogens is 226 g/mol. The number of thiophene rings is 1. The van der Waals surface area contributed by atoms with Gasteiger partial charge in [0.1, 0.15) is 6.54 Å². The molecule has 1 aromatic rings. The van der Waals surface area contributed by atoms with E-state index in [4.69, 9.17) is 5.11 Å². The Morgan fingerprint density at radius 2 is 2.31 bits per heavy atom. The standard InChI is InChI=1S/C11H13NO3S/c1-2-12(7-11(14)15)10(13)4-3-9-5-6-16-8-9/h3-6,8H,2,7H2,1H3,(H,14,15)/b4-3+. The van der Waals surface area contributed by atoms with Crippen LogP contribution in [0.3, 0.4) is 0 Å². The molecule has 1 aromatic heterocycles. The van der Waals surface area contributed by atoms with Gasteiger partial charge in [-0.2, -0.15) is 11.3 Å². The molecule has 1 amide bonds. The Kier molecular flexibility index (Phi) is 4.72. The predicted molar refractivity (Wildman–Crippen MR) is 63.2 cm³/mol. The summed E-state index contributed by atoms with van der Waals surface area (Å²) in [5, 5.41) is 12.4. The molecule has 0 spiro atoms. The maximum atomic E-state index is 11.6. The first kappa shape index (κ1) is 12.4. The molecule has 0 aliphatic carbocycles. The van der Waals surface area contributed by atoms with E-state index in [1.165, 1.54) is 11.0 Å². The van der Waals surface area contributed by atoms with Crippen LogP contribution in [0.15, 0.2) is 22.9 Å². The molecule has 4 nitrogen and oxygen atoms in total. The third-order valence-electron chi connectivity index (χ3n) is 1.98. The van der Waals surface area contributed by atoms with E-state index in [-0.39, 0.29) is 12.5 Å². The molecule has 0 aromatic carbocycles. The molecule has 16 heavy (non-hydrogen) atoms. The highest BCUT2D eigenvalue weighted by Gasteiger charge is 2.11. The summed E-state index contributed by atoms with van der Waals surface area (Å²) in [6.07, 6.45) is 3.08. The maximum absolute atomic E-state index is 11.6. The number of carboxylic acid groups (broad SMARTS) is 1. The average molecular weight is 239 g/mol. The molecule has 0 saturated heterocycles. The zero-order chi connectivity index (χ0) is 12.0. The third kappa shape index (κ3) is 3.86. The molecule has 86 valence electrons. The van der Waals surface area contributed by atoms with Gasteiger partial charge in [0.2, 0.25) is 5.91 Å². The number of rotatable bonds is 5. The number of nitrogens with zero attached hydrogens (tertiary/aromatic N) is 1. The summed E-state index contributed by atoms with van der Waals surface area (Å²) in [5.74, 6) is -1.28. The Morgan fingerprint density at radius 3 is 2.81 bits per heavy atom. The predicted octanol–water partition coefficient (Wildman–Crippen LogP) is 1.69. The van der Waals surface area contributed by atoms with Gasteiger partial charge in [-0.25, -0.2) is 0 Å². The molecule has 0 aliphatic heterocycles. The molecule has 1 N–H and O–H groups in total. The average Bonchev–Trinajstić information content (AvgIpc) is 2.75. The summed E-state index contributed by atoms with van der Waals surface area (Å²) in [5.41, 5.74) is 0.949. The van der Waals surface area contributed by atoms with Gasteiger partial charge in [-0.1, -0.05) is 0 Å². The summed E-state index contributed by atoms with van der Waals surface area (Å²) < 4.78 is 0. The molecule has 0 fully saturated rings. The van der Waals surface area contributed by atoms with Gasteiger partial charge in [-0.15, -0.1) is 0 Å². The van der Waals surface area contributed by atoms with E-state index in [0.717, 1.165) is 5.56 Å². The smallest absolute Gasteiger partial charge is 0.323 e. The van der Waals surface area contributed by atoms with Crippen LogP contribution in [0.5, 0.6) is 0 Å². The molecular formula is C11H13NO3S. The van der Waals surface area contributed by atoms with Crippen molar-refractivity contribution in [3.63, 3.8) is 0 Å². The van der Waals surface area contributed by atoms with Gasteiger partial charge in [-0.3, -0.25) is 9.59 Å². The van der Waals surface area contributed by atoms with Crippen LogP contribution < -0.4 is 0 Å². The highest BCUT2D eigenvalue weighted by Crippen LogP contribution is 2.07. The van der Waals surface area contributed by atoms with Crippen LogP contribution in [-0.4, -0.2) is 35.0 Å². The topological polar surface area (TPSA) is 57.6 Å². The van der Waals surface area contributed by atoms with Crippen molar-refractivity contribution in [3.8, 4) is 0 Å². The Labute approximate surface area is 97.8 Å². The first-order chi connectivity index (χ1) is 7.63. The number of carbonyl (C=O) groups is 2. The number of hydrogen-bond acceptors (Lipinski definition) is 3. The Balaban J connectivity index is 2.59. The van der Waals surface area contributed by atoms with Crippen molar-refractivity contribution in [1.29, 1.82) is 0 Å². The third-order valence-corrected chi connectivity index (χ3v) is 2.68. The van der Waals surface area contributed by atoms with Gasteiger partial charge >= 0.3 is 5.97 Å². The highest BCUT2D eigenvalue weighted by atomic mass is 32.1. The van der Waals surface area contributed by atoms with Crippen molar-refractivity contribution < 1.29 is 14.7 Å². The Hall–Kier alpha value is -1.62. The van der Waals surface area contributed by atoms with Crippen molar-refractivity contribution in [1.82, 2.24) is 4.90 Å². The van der Waals surface area contributed by atoms with Crippen LogP contribution in [-0.2, 0) is 9.59 Å². The number of aliphatic carboxylic acids is 1. The summed E-state index contributed by atoms with van der Waals surface area (Å²) >= 11 is 1.55. The second kappa shape index (κ2) is 6.07. The Morgan fingerprint density at radius 1 is 1.56 bits per heavy atom. The Bertz CT molecular complexity index is 384. The summed E-state index contributed by atoms with van der Waals surface area (Å²) in [7, 11) is 0. The van der Waals surface area contributed by atoms with Gasteiger partial charge in [0.25, 0.3) is 0 Å². The normalized spacial score (nSPS) is 10.6. The largest absolute Gasteiger partial charge is 0.480 e. The molecule has 0 atom stereocenters. The number of carboxylic acids is 1. The first-order valence-corrected chi connectivity index (χ1v) is 5.78. The van der Waals surface area contributed by atoms with Gasteiger partial charge in [0.15, 0.2) is 0 Å². The van der Waals surface area contributed by atoms with Crippen molar-refractivity contribution in [2.45, 2.75) is 6.92 Å². The highest BCUT2D eigenvalue weighted by molar-refractivity contribution is 7.08. The summed E-state index contributed by atoms with van der Waals surface area (Å²) in [6.45, 7) is 1.88. The van der Waals surface area contributed by atoms with Crippen LogP contribution in [0.4, 0.5) is 0 Å². The van der Waals surface area contributed by atoms with Crippen molar-refractivity contribution in [2.75, 3.05) is 13.1 Å². The summed E-state index contributed by atoms with van der Waals surface area (Å²) in [4.78, 5) is 23.3. The zero-order valence-electron chi connectivity index (χ0n) is 8.92. The molecule has 5 heteroatoms. The van der Waals surface area contributed by atoms with Crippen LogP contribution >= 0.6 is 11.3 Å². The van der Waals surface area contributed by atoms with Gasteiger partial charge in [-0.05, 0) is 35.4 Å². The van der Waals surface area contributed by atoms with E-state index in [2.05, 4.69) is 0 Å².